The van der Waals surface area contributed by atoms with Crippen LogP contribution in [-0.2, 0) is 6.54 Å². The van der Waals surface area contributed by atoms with Crippen LogP contribution in [-0.4, -0.2) is 26.3 Å². The fourth-order valence-electron chi connectivity index (χ4n) is 2.87. The Hall–Kier alpha value is -2.90. The highest BCUT2D eigenvalue weighted by Crippen LogP contribution is 2.18. The van der Waals surface area contributed by atoms with Crippen molar-refractivity contribution >= 4 is 29.1 Å². The van der Waals surface area contributed by atoms with E-state index in [1.54, 1.807) is 42.5 Å². The predicted molar refractivity (Wildman–Crippen MR) is 122 cm³/mol. The molecule has 9 heteroatoms. The van der Waals surface area contributed by atoms with Gasteiger partial charge in [0, 0.05) is 16.1 Å². The molecule has 3 rings (SSSR count). The first-order valence-corrected chi connectivity index (χ1v) is 10.5. The van der Waals surface area contributed by atoms with E-state index in [4.69, 9.17) is 23.2 Å². The summed E-state index contributed by atoms with van der Waals surface area (Å²) in [5, 5.41) is 7.65. The molecule has 2 aromatic carbocycles. The number of nitrogens with zero attached hydrogens (tertiary/aromatic N) is 3. The second kappa shape index (κ2) is 9.49. The Morgan fingerprint density at radius 1 is 1.13 bits per heavy atom. The first-order chi connectivity index (χ1) is 14.7. The van der Waals surface area contributed by atoms with Gasteiger partial charge >= 0.3 is 5.69 Å². The van der Waals surface area contributed by atoms with Gasteiger partial charge < -0.3 is 5.32 Å². The molecule has 1 N–H and O–H groups in total. The highest BCUT2D eigenvalue weighted by Gasteiger charge is 2.22. The summed E-state index contributed by atoms with van der Waals surface area (Å²) >= 11 is 12.4. The molecule has 162 valence electrons. The number of aryl methyl sites for hydroxylation is 1. The number of benzene rings is 2. The molecule has 31 heavy (non-hydrogen) atoms. The van der Waals surface area contributed by atoms with E-state index in [0.29, 0.717) is 27.7 Å². The summed E-state index contributed by atoms with van der Waals surface area (Å²) < 4.78 is 1.96. The maximum atomic E-state index is 13.2. The lowest BCUT2D eigenvalue weighted by Crippen LogP contribution is -2.47. The molecule has 0 bridgehead atoms. The van der Waals surface area contributed by atoms with Crippen LogP contribution < -0.4 is 16.6 Å². The summed E-state index contributed by atoms with van der Waals surface area (Å²) in [7, 11) is 0. The summed E-state index contributed by atoms with van der Waals surface area (Å²) in [6.07, 6.45) is 0.673. The summed E-state index contributed by atoms with van der Waals surface area (Å²) in [4.78, 5) is 39.0. The molecular weight excluding hydrogens is 439 g/mol. The van der Waals surface area contributed by atoms with Crippen molar-refractivity contribution in [3.8, 4) is 5.69 Å². The number of carbonyl (C=O) groups excluding carboxylic acids is 1. The Balaban J connectivity index is 2.23. The van der Waals surface area contributed by atoms with E-state index in [9.17, 15) is 14.4 Å². The van der Waals surface area contributed by atoms with Crippen molar-refractivity contribution in [3.63, 3.8) is 0 Å². The number of rotatable bonds is 6. The normalized spacial score (nSPS) is 11.9. The Labute approximate surface area is 189 Å². The molecule has 1 atom stereocenters. The molecule has 7 nitrogen and oxygen atoms in total. The average Bonchev–Trinajstić information content (AvgIpc) is 2.74. The molecule has 0 aliphatic carbocycles. The van der Waals surface area contributed by atoms with Crippen LogP contribution in [0.2, 0.25) is 10.0 Å². The Morgan fingerprint density at radius 2 is 1.84 bits per heavy atom. The van der Waals surface area contributed by atoms with Crippen molar-refractivity contribution in [2.45, 2.75) is 39.8 Å². The molecule has 1 unspecified atom stereocenters. The van der Waals surface area contributed by atoms with Gasteiger partial charge in [-0.1, -0.05) is 54.4 Å². The van der Waals surface area contributed by atoms with E-state index >= 15 is 0 Å². The second-order valence-corrected chi connectivity index (χ2v) is 8.06. The Kier molecular flexibility index (Phi) is 6.97. The number of amides is 1. The van der Waals surface area contributed by atoms with Crippen molar-refractivity contribution in [2.24, 2.45) is 0 Å². The van der Waals surface area contributed by atoms with Crippen LogP contribution >= 0.6 is 23.2 Å². The van der Waals surface area contributed by atoms with Gasteiger partial charge in [-0.3, -0.25) is 14.2 Å². The van der Waals surface area contributed by atoms with Gasteiger partial charge in [-0.2, -0.15) is 9.78 Å². The topological polar surface area (TPSA) is 86.0 Å². The molecule has 1 amide bonds. The third kappa shape index (κ3) is 4.89. The van der Waals surface area contributed by atoms with E-state index < -0.39 is 17.2 Å². The first kappa shape index (κ1) is 22.8. The minimum atomic E-state index is -0.791. The summed E-state index contributed by atoms with van der Waals surface area (Å²) in [5.74, 6) is -0.654. The summed E-state index contributed by atoms with van der Waals surface area (Å²) in [5.41, 5.74) is -0.159. The molecule has 1 heterocycles. The molecule has 1 aromatic heterocycles. The SMILES string of the molecule is CCC(C)NC(=O)c1nn(-c2ccc(C)c(Cl)c2)c(=O)n(Cc2ccccc2Cl)c1=O. The molecule has 0 saturated carbocycles. The predicted octanol–water partition coefficient (Wildman–Crippen LogP) is 3.59. The highest BCUT2D eigenvalue weighted by atomic mass is 35.5. The zero-order valence-electron chi connectivity index (χ0n) is 17.4. The van der Waals surface area contributed by atoms with E-state index in [2.05, 4.69) is 10.4 Å². The number of hydrogen-bond donors (Lipinski definition) is 1. The van der Waals surface area contributed by atoms with Crippen molar-refractivity contribution in [2.75, 3.05) is 0 Å². The minimum absolute atomic E-state index is 0.108. The number of halogens is 2. The molecule has 0 radical (unpaired) electrons. The van der Waals surface area contributed by atoms with Crippen molar-refractivity contribution in [1.29, 1.82) is 0 Å². The number of hydrogen-bond acceptors (Lipinski definition) is 4. The van der Waals surface area contributed by atoms with Gasteiger partial charge in [0.05, 0.1) is 12.2 Å². The van der Waals surface area contributed by atoms with E-state index in [0.717, 1.165) is 14.8 Å². The van der Waals surface area contributed by atoms with Gasteiger partial charge in [0.25, 0.3) is 11.5 Å². The Morgan fingerprint density at radius 3 is 2.48 bits per heavy atom. The van der Waals surface area contributed by atoms with E-state index in [1.807, 2.05) is 20.8 Å². The zero-order chi connectivity index (χ0) is 22.7. The molecule has 0 fully saturated rings. The van der Waals surface area contributed by atoms with Crippen molar-refractivity contribution in [1.82, 2.24) is 19.7 Å². The molecule has 3 aromatic rings. The van der Waals surface area contributed by atoms with Crippen LogP contribution in [0, 0.1) is 6.92 Å². The Bertz CT molecular complexity index is 1250. The summed E-state index contributed by atoms with van der Waals surface area (Å²) in [6.45, 7) is 5.44. The van der Waals surface area contributed by atoms with Crippen LogP contribution in [0.5, 0.6) is 0 Å². The maximum absolute atomic E-state index is 13.2. The fourth-order valence-corrected chi connectivity index (χ4v) is 3.24. The van der Waals surface area contributed by atoms with Crippen LogP contribution in [0.1, 0.15) is 41.9 Å². The van der Waals surface area contributed by atoms with Gasteiger partial charge in [0.2, 0.25) is 5.69 Å². The largest absolute Gasteiger partial charge is 0.352 e. The first-order valence-electron chi connectivity index (χ1n) is 9.77. The number of nitrogens with one attached hydrogen (secondary N) is 1. The average molecular weight is 461 g/mol. The van der Waals surface area contributed by atoms with Crippen molar-refractivity contribution < 1.29 is 4.79 Å². The lowest BCUT2D eigenvalue weighted by molar-refractivity contribution is 0.0929. The van der Waals surface area contributed by atoms with Gasteiger partial charge in [-0.25, -0.2) is 4.79 Å². The second-order valence-electron chi connectivity index (χ2n) is 7.24. The quantitative estimate of drug-likeness (QED) is 0.608. The van der Waals surface area contributed by atoms with Crippen LogP contribution in [0.15, 0.2) is 52.1 Å². The molecule has 0 saturated heterocycles. The van der Waals surface area contributed by atoms with Gasteiger partial charge in [0.15, 0.2) is 0 Å². The van der Waals surface area contributed by atoms with Gasteiger partial charge in [-0.05, 0) is 49.6 Å². The van der Waals surface area contributed by atoms with Crippen LogP contribution in [0.4, 0.5) is 0 Å². The minimum Gasteiger partial charge on any atom is -0.348 e. The van der Waals surface area contributed by atoms with Crippen LogP contribution in [0.25, 0.3) is 5.69 Å². The third-order valence-electron chi connectivity index (χ3n) is 4.95. The maximum Gasteiger partial charge on any atom is 0.352 e. The smallest absolute Gasteiger partial charge is 0.348 e. The zero-order valence-corrected chi connectivity index (χ0v) is 18.9. The van der Waals surface area contributed by atoms with Gasteiger partial charge in [-0.15, -0.1) is 0 Å². The standard InChI is InChI=1S/C22H22Cl2N4O3/c1-4-14(3)25-20(29)19-21(30)27(12-15-7-5-6-8-17(15)23)22(31)28(26-19)16-10-9-13(2)18(24)11-16/h5-11,14H,4,12H2,1-3H3,(H,25,29). The molecule has 0 aliphatic heterocycles. The molecule has 0 spiro atoms. The molecular formula is C22H22Cl2N4O3. The highest BCUT2D eigenvalue weighted by molar-refractivity contribution is 6.31. The number of carbonyl (C=O) groups is 1. The third-order valence-corrected chi connectivity index (χ3v) is 5.73. The van der Waals surface area contributed by atoms with Crippen LogP contribution in [0.3, 0.4) is 0 Å². The fraction of sp³-hybridized carbons (Fsp3) is 0.273. The molecule has 0 aliphatic rings. The summed E-state index contributed by atoms with van der Waals surface area (Å²) in [6, 6.07) is 11.6. The lowest BCUT2D eigenvalue weighted by Gasteiger charge is -2.15. The monoisotopic (exact) mass is 460 g/mol. The van der Waals surface area contributed by atoms with E-state index in [1.165, 1.54) is 0 Å². The lowest BCUT2D eigenvalue weighted by atomic mass is 10.2. The van der Waals surface area contributed by atoms with Gasteiger partial charge in [0.1, 0.15) is 0 Å². The number of aromatic nitrogens is 3. The van der Waals surface area contributed by atoms with E-state index in [-0.39, 0.29) is 18.3 Å². The van der Waals surface area contributed by atoms with Crippen molar-refractivity contribution in [3.05, 3.63) is 90.2 Å².